The van der Waals surface area contributed by atoms with E-state index < -0.39 is 15.8 Å². The Morgan fingerprint density at radius 2 is 2.22 bits per heavy atom. The van der Waals surface area contributed by atoms with Crippen molar-refractivity contribution in [1.82, 2.24) is 4.72 Å². The van der Waals surface area contributed by atoms with Gasteiger partial charge in [-0.1, -0.05) is 0 Å². The fourth-order valence-electron chi connectivity index (χ4n) is 1.81. The molecule has 3 N–H and O–H groups in total. The maximum absolute atomic E-state index is 13.0. The number of thioether (sulfide) groups is 1. The summed E-state index contributed by atoms with van der Waals surface area (Å²) in [6, 6.07) is 3.39. The predicted molar refractivity (Wildman–Crippen MR) is 71.5 cm³/mol. The van der Waals surface area contributed by atoms with E-state index in [0.29, 0.717) is 0 Å². The number of benzene rings is 1. The fourth-order valence-corrected chi connectivity index (χ4v) is 4.29. The summed E-state index contributed by atoms with van der Waals surface area (Å²) < 4.78 is 39.8. The highest BCUT2D eigenvalue weighted by Gasteiger charge is 2.22. The van der Waals surface area contributed by atoms with Crippen LogP contribution in [-0.4, -0.2) is 26.0 Å². The van der Waals surface area contributed by atoms with Gasteiger partial charge in [0.1, 0.15) is 5.82 Å². The van der Waals surface area contributed by atoms with Gasteiger partial charge in [0.25, 0.3) is 0 Å². The molecule has 0 aliphatic carbocycles. The van der Waals surface area contributed by atoms with Crippen LogP contribution >= 0.6 is 11.8 Å². The van der Waals surface area contributed by atoms with E-state index in [9.17, 15) is 12.8 Å². The molecule has 0 radical (unpaired) electrons. The summed E-state index contributed by atoms with van der Waals surface area (Å²) in [7, 11) is -3.61. The van der Waals surface area contributed by atoms with Gasteiger partial charge in [0.2, 0.25) is 10.0 Å². The number of rotatable bonds is 3. The average Bonchev–Trinajstić information content (AvgIpc) is 2.33. The number of hydrogen-bond donors (Lipinski definition) is 2. The molecule has 1 saturated heterocycles. The summed E-state index contributed by atoms with van der Waals surface area (Å²) >= 11 is 1.73. The van der Waals surface area contributed by atoms with Crippen LogP contribution in [0.4, 0.5) is 10.1 Å². The molecular formula is C11H15FN2O2S2. The number of anilines is 1. The lowest BCUT2D eigenvalue weighted by Gasteiger charge is -2.22. The first kappa shape index (κ1) is 13.6. The summed E-state index contributed by atoms with van der Waals surface area (Å²) in [4.78, 5) is 0.0111. The third kappa shape index (κ3) is 3.15. The van der Waals surface area contributed by atoms with Crippen molar-refractivity contribution in [3.63, 3.8) is 0 Å². The van der Waals surface area contributed by atoms with E-state index in [0.717, 1.165) is 36.5 Å². The molecule has 1 aliphatic rings. The maximum Gasteiger partial charge on any atom is 0.240 e. The Hall–Kier alpha value is -0.790. The number of nitrogens with one attached hydrogen (secondary N) is 1. The first-order valence-electron chi connectivity index (χ1n) is 5.64. The molecule has 1 fully saturated rings. The van der Waals surface area contributed by atoms with E-state index in [2.05, 4.69) is 4.72 Å². The van der Waals surface area contributed by atoms with Crippen LogP contribution in [-0.2, 0) is 10.0 Å². The van der Waals surface area contributed by atoms with E-state index in [-0.39, 0.29) is 16.6 Å². The van der Waals surface area contributed by atoms with Crippen LogP contribution in [0, 0.1) is 5.82 Å². The summed E-state index contributed by atoms with van der Waals surface area (Å²) in [5, 5.41) is 0. The molecule has 1 aromatic carbocycles. The Kier molecular flexibility index (Phi) is 4.14. The Bertz CT molecular complexity index is 528. The Balaban J connectivity index is 2.16. The average molecular weight is 290 g/mol. The van der Waals surface area contributed by atoms with Gasteiger partial charge in [-0.25, -0.2) is 17.5 Å². The van der Waals surface area contributed by atoms with Gasteiger partial charge in [0, 0.05) is 11.8 Å². The summed E-state index contributed by atoms with van der Waals surface area (Å²) in [5.74, 6) is 1.24. The number of halogens is 1. The first-order chi connectivity index (χ1) is 8.49. The molecule has 1 heterocycles. The van der Waals surface area contributed by atoms with Crippen molar-refractivity contribution in [2.24, 2.45) is 0 Å². The molecule has 0 aromatic heterocycles. The van der Waals surface area contributed by atoms with Crippen LogP contribution in [0.25, 0.3) is 0 Å². The van der Waals surface area contributed by atoms with Gasteiger partial charge >= 0.3 is 0 Å². The first-order valence-corrected chi connectivity index (χ1v) is 8.28. The Labute approximate surface area is 110 Å². The van der Waals surface area contributed by atoms with Crippen molar-refractivity contribution in [3.8, 4) is 0 Å². The van der Waals surface area contributed by atoms with Crippen LogP contribution in [0.1, 0.15) is 12.8 Å². The van der Waals surface area contributed by atoms with Crippen LogP contribution in [0.3, 0.4) is 0 Å². The standard InChI is InChI=1S/C11H15FN2O2S2/c12-10-4-3-9(6-11(10)13)18(15,16)14-8-2-1-5-17-7-8/h3-4,6,8,14H,1-2,5,7,13H2. The molecule has 0 bridgehead atoms. The molecule has 18 heavy (non-hydrogen) atoms. The van der Waals surface area contributed by atoms with Crippen molar-refractivity contribution < 1.29 is 12.8 Å². The molecule has 0 spiro atoms. The minimum absolute atomic E-state index is 0.0111. The van der Waals surface area contributed by atoms with E-state index in [4.69, 9.17) is 5.73 Å². The molecule has 1 atom stereocenters. The van der Waals surface area contributed by atoms with Crippen molar-refractivity contribution >= 4 is 27.5 Å². The monoisotopic (exact) mass is 290 g/mol. The van der Waals surface area contributed by atoms with Gasteiger partial charge in [0.15, 0.2) is 0 Å². The molecular weight excluding hydrogens is 275 g/mol. The number of sulfonamides is 1. The fraction of sp³-hybridized carbons (Fsp3) is 0.455. The normalized spacial score (nSPS) is 20.8. The highest BCUT2D eigenvalue weighted by atomic mass is 32.2. The van der Waals surface area contributed by atoms with E-state index in [1.807, 2.05) is 0 Å². The van der Waals surface area contributed by atoms with Gasteiger partial charge in [-0.2, -0.15) is 11.8 Å². The maximum atomic E-state index is 13.0. The molecule has 1 unspecified atom stereocenters. The summed E-state index contributed by atoms with van der Waals surface area (Å²) in [6.07, 6.45) is 1.84. The second-order valence-electron chi connectivity index (χ2n) is 4.22. The predicted octanol–water partition coefficient (Wildman–Crippen LogP) is 1.58. The smallest absolute Gasteiger partial charge is 0.240 e. The molecule has 7 heteroatoms. The number of nitrogens with two attached hydrogens (primary N) is 1. The molecule has 100 valence electrons. The van der Waals surface area contributed by atoms with Crippen LogP contribution in [0.5, 0.6) is 0 Å². The molecule has 1 aromatic rings. The summed E-state index contributed by atoms with van der Waals surface area (Å²) in [6.45, 7) is 0. The topological polar surface area (TPSA) is 72.2 Å². The molecule has 0 amide bonds. The van der Waals surface area contributed by atoms with Crippen molar-refractivity contribution in [1.29, 1.82) is 0 Å². The minimum Gasteiger partial charge on any atom is -0.396 e. The van der Waals surface area contributed by atoms with E-state index in [1.54, 1.807) is 11.8 Å². The largest absolute Gasteiger partial charge is 0.396 e. The van der Waals surface area contributed by atoms with Crippen LogP contribution in [0.2, 0.25) is 0 Å². The number of nitrogen functional groups attached to an aromatic ring is 1. The van der Waals surface area contributed by atoms with Crippen molar-refractivity contribution in [2.45, 2.75) is 23.8 Å². The zero-order chi connectivity index (χ0) is 13.2. The number of hydrogen-bond acceptors (Lipinski definition) is 4. The Morgan fingerprint density at radius 3 is 2.83 bits per heavy atom. The molecule has 1 aliphatic heterocycles. The molecule has 2 rings (SSSR count). The summed E-state index contributed by atoms with van der Waals surface area (Å²) in [5.41, 5.74) is 5.22. The minimum atomic E-state index is -3.61. The third-order valence-corrected chi connectivity index (χ3v) is 5.49. The van der Waals surface area contributed by atoms with E-state index >= 15 is 0 Å². The lowest BCUT2D eigenvalue weighted by molar-refractivity contribution is 0.543. The van der Waals surface area contributed by atoms with Gasteiger partial charge in [-0.05, 0) is 36.8 Å². The lowest BCUT2D eigenvalue weighted by atomic mass is 10.2. The van der Waals surface area contributed by atoms with Gasteiger partial charge in [-0.15, -0.1) is 0 Å². The van der Waals surface area contributed by atoms with Crippen molar-refractivity contribution in [2.75, 3.05) is 17.2 Å². The highest BCUT2D eigenvalue weighted by Crippen LogP contribution is 2.21. The SMILES string of the molecule is Nc1cc(S(=O)(=O)NC2CCCSC2)ccc1F. The zero-order valence-corrected chi connectivity index (χ0v) is 11.4. The second kappa shape index (κ2) is 5.46. The van der Waals surface area contributed by atoms with Crippen LogP contribution < -0.4 is 10.5 Å². The molecule has 0 saturated carbocycles. The third-order valence-electron chi connectivity index (χ3n) is 2.76. The molecule has 4 nitrogen and oxygen atoms in total. The quantitative estimate of drug-likeness (QED) is 0.829. The Morgan fingerprint density at radius 1 is 1.44 bits per heavy atom. The second-order valence-corrected chi connectivity index (χ2v) is 7.08. The zero-order valence-electron chi connectivity index (χ0n) is 9.73. The van der Waals surface area contributed by atoms with Gasteiger partial charge < -0.3 is 5.73 Å². The van der Waals surface area contributed by atoms with E-state index in [1.165, 1.54) is 6.07 Å². The highest BCUT2D eigenvalue weighted by molar-refractivity contribution is 7.99. The van der Waals surface area contributed by atoms with Gasteiger partial charge in [-0.3, -0.25) is 0 Å². The van der Waals surface area contributed by atoms with Gasteiger partial charge in [0.05, 0.1) is 10.6 Å². The lowest BCUT2D eigenvalue weighted by Crippen LogP contribution is -2.38. The van der Waals surface area contributed by atoms with Crippen molar-refractivity contribution in [3.05, 3.63) is 24.0 Å². The van der Waals surface area contributed by atoms with Crippen LogP contribution in [0.15, 0.2) is 23.1 Å².